The lowest BCUT2D eigenvalue weighted by molar-refractivity contribution is -0.126. The second-order valence-electron chi connectivity index (χ2n) is 7.26. The molecule has 2 amide bonds. The Balaban J connectivity index is 1.52. The molecule has 1 heterocycles. The zero-order valence-electron chi connectivity index (χ0n) is 16.1. The van der Waals surface area contributed by atoms with Gasteiger partial charge in [-0.2, -0.15) is 0 Å². The topological polar surface area (TPSA) is 71.1 Å². The number of halogens is 1. The van der Waals surface area contributed by atoms with Crippen LogP contribution in [0.2, 0.25) is 0 Å². The summed E-state index contributed by atoms with van der Waals surface area (Å²) in [6, 6.07) is 9.70. The molecule has 0 radical (unpaired) electrons. The van der Waals surface area contributed by atoms with E-state index in [-0.39, 0.29) is 29.6 Å². The summed E-state index contributed by atoms with van der Waals surface area (Å²) in [4.78, 5) is 28.8. The first-order valence-electron chi connectivity index (χ1n) is 9.87. The average molecular weight is 383 g/mol. The van der Waals surface area contributed by atoms with E-state index in [0.717, 1.165) is 32.1 Å². The van der Waals surface area contributed by atoms with E-state index in [9.17, 15) is 14.0 Å². The van der Waals surface area contributed by atoms with Crippen LogP contribution in [0.25, 0.3) is 11.3 Å². The molecule has 0 spiro atoms. The SMILES string of the molecule is CCCNC(=O)[C@H]1CC[C@@H](NC(=O)c2ccc(-c3cccc(F)c3)nc2)CC1. The predicted octanol–water partition coefficient (Wildman–Crippen LogP) is 3.70. The van der Waals surface area contributed by atoms with Gasteiger partial charge in [-0.15, -0.1) is 0 Å². The summed E-state index contributed by atoms with van der Waals surface area (Å²) < 4.78 is 13.3. The van der Waals surface area contributed by atoms with Gasteiger partial charge in [-0.25, -0.2) is 4.39 Å². The summed E-state index contributed by atoms with van der Waals surface area (Å²) in [5.74, 6) is -0.312. The molecule has 0 unspecified atom stereocenters. The van der Waals surface area contributed by atoms with Gasteiger partial charge in [0.25, 0.3) is 5.91 Å². The number of hydrogen-bond donors (Lipinski definition) is 2. The van der Waals surface area contributed by atoms with Crippen LogP contribution in [-0.2, 0) is 4.79 Å². The Labute approximate surface area is 164 Å². The summed E-state index contributed by atoms with van der Waals surface area (Å²) in [6.07, 6.45) is 5.62. The zero-order valence-corrected chi connectivity index (χ0v) is 16.1. The van der Waals surface area contributed by atoms with Crippen molar-refractivity contribution < 1.29 is 14.0 Å². The van der Waals surface area contributed by atoms with Crippen LogP contribution in [0.15, 0.2) is 42.6 Å². The molecule has 0 saturated heterocycles. The van der Waals surface area contributed by atoms with Crippen LogP contribution in [0.3, 0.4) is 0 Å². The fraction of sp³-hybridized carbons (Fsp3) is 0.409. The molecule has 0 atom stereocenters. The normalized spacial score (nSPS) is 19.1. The van der Waals surface area contributed by atoms with Crippen LogP contribution in [0.4, 0.5) is 4.39 Å². The highest BCUT2D eigenvalue weighted by molar-refractivity contribution is 5.94. The molecule has 3 rings (SSSR count). The lowest BCUT2D eigenvalue weighted by Crippen LogP contribution is -2.41. The van der Waals surface area contributed by atoms with Crippen molar-refractivity contribution in [3.8, 4) is 11.3 Å². The maximum atomic E-state index is 13.3. The Morgan fingerprint density at radius 2 is 1.93 bits per heavy atom. The molecule has 2 N–H and O–H groups in total. The van der Waals surface area contributed by atoms with Gasteiger partial charge in [-0.3, -0.25) is 14.6 Å². The van der Waals surface area contributed by atoms with E-state index in [0.29, 0.717) is 23.4 Å². The first-order valence-corrected chi connectivity index (χ1v) is 9.87. The summed E-state index contributed by atoms with van der Waals surface area (Å²) in [5.41, 5.74) is 1.77. The number of nitrogens with zero attached hydrogens (tertiary/aromatic N) is 1. The molecule has 148 valence electrons. The number of pyridine rings is 1. The van der Waals surface area contributed by atoms with Crippen molar-refractivity contribution in [2.45, 2.75) is 45.1 Å². The minimum absolute atomic E-state index is 0.0481. The van der Waals surface area contributed by atoms with Crippen molar-refractivity contribution in [3.05, 3.63) is 54.0 Å². The van der Waals surface area contributed by atoms with Gasteiger partial charge in [0, 0.05) is 30.3 Å². The number of carbonyl (C=O) groups is 2. The van der Waals surface area contributed by atoms with E-state index < -0.39 is 0 Å². The zero-order chi connectivity index (χ0) is 19.9. The molecule has 1 aliphatic rings. The summed E-state index contributed by atoms with van der Waals surface area (Å²) in [5, 5.41) is 5.98. The van der Waals surface area contributed by atoms with Gasteiger partial charge in [0.1, 0.15) is 5.82 Å². The van der Waals surface area contributed by atoms with Crippen molar-refractivity contribution in [1.29, 1.82) is 0 Å². The van der Waals surface area contributed by atoms with E-state index in [2.05, 4.69) is 15.6 Å². The average Bonchev–Trinajstić information content (AvgIpc) is 2.72. The van der Waals surface area contributed by atoms with Gasteiger partial charge >= 0.3 is 0 Å². The molecule has 6 heteroatoms. The van der Waals surface area contributed by atoms with Crippen LogP contribution in [0, 0.1) is 11.7 Å². The fourth-order valence-corrected chi connectivity index (χ4v) is 3.51. The largest absolute Gasteiger partial charge is 0.356 e. The van der Waals surface area contributed by atoms with E-state index >= 15 is 0 Å². The van der Waals surface area contributed by atoms with E-state index in [1.54, 1.807) is 24.3 Å². The summed E-state index contributed by atoms with van der Waals surface area (Å²) in [6.45, 7) is 2.75. The number of rotatable bonds is 6. The smallest absolute Gasteiger partial charge is 0.253 e. The molecule has 2 aromatic rings. The minimum Gasteiger partial charge on any atom is -0.356 e. The monoisotopic (exact) mass is 383 g/mol. The third kappa shape index (κ3) is 5.15. The van der Waals surface area contributed by atoms with Gasteiger partial charge in [0.15, 0.2) is 0 Å². The van der Waals surface area contributed by atoms with Gasteiger partial charge < -0.3 is 10.6 Å². The maximum absolute atomic E-state index is 13.3. The Morgan fingerprint density at radius 3 is 2.57 bits per heavy atom. The Morgan fingerprint density at radius 1 is 1.14 bits per heavy atom. The minimum atomic E-state index is -0.319. The first kappa shape index (κ1) is 20.0. The highest BCUT2D eigenvalue weighted by Gasteiger charge is 2.27. The first-order chi connectivity index (χ1) is 13.6. The van der Waals surface area contributed by atoms with Gasteiger partial charge in [-0.1, -0.05) is 19.1 Å². The molecule has 0 bridgehead atoms. The lowest BCUT2D eigenvalue weighted by atomic mass is 9.85. The molecule has 5 nitrogen and oxygen atoms in total. The molecular formula is C22H26FN3O2. The van der Waals surface area contributed by atoms with Crippen molar-refractivity contribution in [3.63, 3.8) is 0 Å². The van der Waals surface area contributed by atoms with Crippen LogP contribution < -0.4 is 10.6 Å². The number of benzene rings is 1. The van der Waals surface area contributed by atoms with Crippen LogP contribution in [-0.4, -0.2) is 29.4 Å². The molecule has 0 aliphatic heterocycles. The van der Waals surface area contributed by atoms with Crippen molar-refractivity contribution >= 4 is 11.8 Å². The molecule has 1 saturated carbocycles. The lowest BCUT2D eigenvalue weighted by Gasteiger charge is -2.28. The summed E-state index contributed by atoms with van der Waals surface area (Å²) >= 11 is 0. The second kappa shape index (κ2) is 9.44. The third-order valence-electron chi connectivity index (χ3n) is 5.13. The number of hydrogen-bond acceptors (Lipinski definition) is 3. The number of amides is 2. The Kier molecular flexibility index (Phi) is 6.74. The van der Waals surface area contributed by atoms with Crippen molar-refractivity contribution in [2.75, 3.05) is 6.54 Å². The van der Waals surface area contributed by atoms with Crippen molar-refractivity contribution in [1.82, 2.24) is 15.6 Å². The second-order valence-corrected chi connectivity index (χ2v) is 7.26. The standard InChI is InChI=1S/C22H26FN3O2/c1-2-12-24-21(27)15-6-9-19(10-7-15)26-22(28)17-8-11-20(25-14-17)16-4-3-5-18(23)13-16/h3-5,8,11,13-15,19H,2,6-7,9-10,12H2,1H3,(H,24,27)(H,26,28)/t15-,19+. The molecular weight excluding hydrogens is 357 g/mol. The quantitative estimate of drug-likeness (QED) is 0.799. The van der Waals surface area contributed by atoms with Crippen LogP contribution >= 0.6 is 0 Å². The van der Waals surface area contributed by atoms with E-state index in [4.69, 9.17) is 0 Å². The van der Waals surface area contributed by atoms with Crippen molar-refractivity contribution in [2.24, 2.45) is 5.92 Å². The predicted molar refractivity (Wildman–Crippen MR) is 106 cm³/mol. The van der Waals surface area contributed by atoms with E-state index in [1.165, 1.54) is 18.3 Å². The molecule has 1 fully saturated rings. The molecule has 28 heavy (non-hydrogen) atoms. The molecule has 1 aromatic heterocycles. The number of carbonyl (C=O) groups excluding carboxylic acids is 2. The van der Waals surface area contributed by atoms with Crippen LogP contribution in [0.1, 0.15) is 49.4 Å². The van der Waals surface area contributed by atoms with Gasteiger partial charge in [0.05, 0.1) is 11.3 Å². The fourth-order valence-electron chi connectivity index (χ4n) is 3.51. The molecule has 1 aliphatic carbocycles. The summed E-state index contributed by atoms with van der Waals surface area (Å²) in [7, 11) is 0. The Bertz CT molecular complexity index is 815. The van der Waals surface area contributed by atoms with Gasteiger partial charge in [-0.05, 0) is 56.4 Å². The molecule has 1 aromatic carbocycles. The number of aromatic nitrogens is 1. The van der Waals surface area contributed by atoms with Crippen LogP contribution in [0.5, 0.6) is 0 Å². The number of nitrogens with one attached hydrogen (secondary N) is 2. The highest BCUT2D eigenvalue weighted by Crippen LogP contribution is 2.25. The Hall–Kier alpha value is -2.76. The van der Waals surface area contributed by atoms with E-state index in [1.807, 2.05) is 6.92 Å². The third-order valence-corrected chi connectivity index (χ3v) is 5.13. The highest BCUT2D eigenvalue weighted by atomic mass is 19.1. The maximum Gasteiger partial charge on any atom is 0.253 e. The van der Waals surface area contributed by atoms with Gasteiger partial charge in [0.2, 0.25) is 5.91 Å².